The number of hydrogen-bond donors (Lipinski definition) is 1. The maximum atomic E-state index is 13.1. The Bertz CT molecular complexity index is 454. The molecule has 0 aromatic rings. The first-order chi connectivity index (χ1) is 8.54. The third-order valence-electron chi connectivity index (χ3n) is 5.62. The van der Waals surface area contributed by atoms with Crippen LogP contribution in [-0.4, -0.2) is 41.1 Å². The van der Waals surface area contributed by atoms with Crippen LogP contribution >= 0.6 is 0 Å². The van der Waals surface area contributed by atoms with Gasteiger partial charge in [0, 0.05) is 19.0 Å². The van der Waals surface area contributed by atoms with Crippen LogP contribution in [0.25, 0.3) is 0 Å². The van der Waals surface area contributed by atoms with E-state index in [4.69, 9.17) is 5.11 Å². The molecule has 0 unspecified atom stereocenters. The van der Waals surface area contributed by atoms with E-state index in [2.05, 4.69) is 0 Å². The molecule has 4 nitrogen and oxygen atoms in total. The highest BCUT2D eigenvalue weighted by atomic mass is 19.1. The number of hydrogen-bond acceptors (Lipinski definition) is 2. The van der Waals surface area contributed by atoms with E-state index in [1.165, 1.54) is 0 Å². The van der Waals surface area contributed by atoms with E-state index in [0.717, 1.165) is 6.42 Å². The highest BCUT2D eigenvalue weighted by Gasteiger charge is 2.73. The van der Waals surface area contributed by atoms with Crippen LogP contribution < -0.4 is 0 Å². The van der Waals surface area contributed by atoms with Gasteiger partial charge in [0.2, 0.25) is 5.91 Å². The van der Waals surface area contributed by atoms with Gasteiger partial charge >= 0.3 is 5.97 Å². The van der Waals surface area contributed by atoms with E-state index in [0.29, 0.717) is 25.9 Å². The molecule has 3 saturated carbocycles. The molecule has 18 heavy (non-hydrogen) atoms. The standard InChI is InChI=1S/C13H16FNO3/c14-9-4-13(3-8(9)13)12(18)15-2-1-6-7(5-15)10(6)11(16)17/h6-10H,1-5H2,(H,16,17)/t6-,7+,8+,9-,10-,13+/m1/s1. The number of carboxylic acid groups (broad SMARTS) is 1. The molecule has 4 rings (SSSR count). The molecule has 98 valence electrons. The number of likely N-dealkylation sites (tertiary alicyclic amines) is 1. The zero-order valence-electron chi connectivity index (χ0n) is 10.0. The van der Waals surface area contributed by atoms with Crippen LogP contribution in [0.5, 0.6) is 0 Å². The second-order valence-corrected chi connectivity index (χ2v) is 6.42. The fraction of sp³-hybridized carbons (Fsp3) is 0.846. The summed E-state index contributed by atoms with van der Waals surface area (Å²) in [7, 11) is 0. The minimum atomic E-state index is -0.779. The van der Waals surface area contributed by atoms with Crippen molar-refractivity contribution in [1.82, 2.24) is 4.90 Å². The Kier molecular flexibility index (Phi) is 1.83. The van der Waals surface area contributed by atoms with Crippen molar-refractivity contribution in [3.63, 3.8) is 0 Å². The third-order valence-corrected chi connectivity index (χ3v) is 5.62. The van der Waals surface area contributed by atoms with Crippen molar-refractivity contribution >= 4 is 11.9 Å². The maximum absolute atomic E-state index is 13.1. The van der Waals surface area contributed by atoms with Crippen LogP contribution in [0.15, 0.2) is 0 Å². The largest absolute Gasteiger partial charge is 0.481 e. The predicted octanol–water partition coefficient (Wildman–Crippen LogP) is 0.914. The molecule has 6 atom stereocenters. The van der Waals surface area contributed by atoms with Gasteiger partial charge in [0.15, 0.2) is 0 Å². The van der Waals surface area contributed by atoms with Crippen LogP contribution in [0.2, 0.25) is 0 Å². The lowest BCUT2D eigenvalue weighted by Crippen LogP contribution is -2.47. The first kappa shape index (κ1) is 10.8. The average Bonchev–Trinajstić information content (AvgIpc) is 3.18. The molecule has 0 spiro atoms. The van der Waals surface area contributed by atoms with Crippen molar-refractivity contribution in [2.24, 2.45) is 29.1 Å². The van der Waals surface area contributed by atoms with Crippen LogP contribution in [0.4, 0.5) is 4.39 Å². The van der Waals surface area contributed by atoms with Gasteiger partial charge in [-0.15, -0.1) is 0 Å². The summed E-state index contributed by atoms with van der Waals surface area (Å²) in [5, 5.41) is 9.02. The molecule has 4 aliphatic rings. The van der Waals surface area contributed by atoms with Gasteiger partial charge in [-0.25, -0.2) is 4.39 Å². The van der Waals surface area contributed by atoms with E-state index in [1.54, 1.807) is 4.90 Å². The molecule has 1 saturated heterocycles. The number of fused-ring (bicyclic) bond motifs is 2. The number of amides is 1. The maximum Gasteiger partial charge on any atom is 0.307 e. The first-order valence-corrected chi connectivity index (χ1v) is 6.71. The number of rotatable bonds is 2. The SMILES string of the molecule is O=C(O)[C@@H]1[C@@H]2CCN(C(=O)[C@@]34C[C@@H](F)[C@@H]3C4)C[C@@H]21. The van der Waals surface area contributed by atoms with E-state index in [1.807, 2.05) is 0 Å². The molecular weight excluding hydrogens is 237 g/mol. The Hall–Kier alpha value is -1.13. The summed E-state index contributed by atoms with van der Waals surface area (Å²) in [5.41, 5.74) is -0.375. The Morgan fingerprint density at radius 2 is 2.06 bits per heavy atom. The normalized spacial score (nSPS) is 51.8. The Morgan fingerprint density at radius 1 is 1.28 bits per heavy atom. The molecule has 0 aromatic carbocycles. The van der Waals surface area contributed by atoms with Crippen molar-refractivity contribution < 1.29 is 19.1 Å². The predicted molar refractivity (Wildman–Crippen MR) is 59.4 cm³/mol. The monoisotopic (exact) mass is 253 g/mol. The average molecular weight is 253 g/mol. The van der Waals surface area contributed by atoms with Crippen LogP contribution in [0.3, 0.4) is 0 Å². The molecule has 1 amide bonds. The van der Waals surface area contributed by atoms with Crippen molar-refractivity contribution in [3.8, 4) is 0 Å². The molecule has 0 radical (unpaired) electrons. The summed E-state index contributed by atoms with van der Waals surface area (Å²) in [5.74, 6) is -0.489. The van der Waals surface area contributed by atoms with Crippen molar-refractivity contribution in [2.75, 3.05) is 13.1 Å². The van der Waals surface area contributed by atoms with Gasteiger partial charge in [0.1, 0.15) is 6.17 Å². The fourth-order valence-corrected chi connectivity index (χ4v) is 4.31. The number of aliphatic carboxylic acids is 1. The molecule has 5 heteroatoms. The third kappa shape index (κ3) is 1.15. The smallest absolute Gasteiger partial charge is 0.307 e. The topological polar surface area (TPSA) is 57.6 Å². The highest BCUT2D eigenvalue weighted by Crippen LogP contribution is 2.69. The Labute approximate surface area is 104 Å². The van der Waals surface area contributed by atoms with Crippen LogP contribution in [0, 0.1) is 29.1 Å². The Balaban J connectivity index is 1.43. The summed E-state index contributed by atoms with van der Waals surface area (Å²) in [6, 6.07) is 0. The number of carbonyl (C=O) groups is 2. The first-order valence-electron chi connectivity index (χ1n) is 6.71. The van der Waals surface area contributed by atoms with Crippen molar-refractivity contribution in [3.05, 3.63) is 0 Å². The van der Waals surface area contributed by atoms with Gasteiger partial charge < -0.3 is 10.0 Å². The lowest BCUT2D eigenvalue weighted by Gasteiger charge is -2.35. The molecule has 0 aromatic heterocycles. The lowest BCUT2D eigenvalue weighted by atomic mass is 9.81. The summed E-state index contributed by atoms with van der Waals surface area (Å²) in [6.45, 7) is 1.24. The molecule has 1 heterocycles. The number of carboxylic acids is 1. The quantitative estimate of drug-likeness (QED) is 0.796. The molecule has 1 N–H and O–H groups in total. The Morgan fingerprint density at radius 3 is 2.61 bits per heavy atom. The van der Waals surface area contributed by atoms with Crippen LogP contribution in [0.1, 0.15) is 19.3 Å². The highest BCUT2D eigenvalue weighted by molar-refractivity contribution is 5.88. The second kappa shape index (κ2) is 3.06. The van der Waals surface area contributed by atoms with Gasteiger partial charge in [-0.1, -0.05) is 0 Å². The van der Waals surface area contributed by atoms with E-state index in [-0.39, 0.29) is 35.0 Å². The number of halogens is 1. The van der Waals surface area contributed by atoms with Gasteiger partial charge in [0.05, 0.1) is 11.3 Å². The summed E-state index contributed by atoms with van der Waals surface area (Å²) >= 11 is 0. The van der Waals surface area contributed by atoms with E-state index >= 15 is 0 Å². The molecule has 4 fully saturated rings. The number of alkyl halides is 1. The van der Waals surface area contributed by atoms with Gasteiger partial charge in [-0.05, 0) is 31.1 Å². The van der Waals surface area contributed by atoms with Gasteiger partial charge in [-0.2, -0.15) is 0 Å². The lowest BCUT2D eigenvalue weighted by molar-refractivity contribution is -0.144. The van der Waals surface area contributed by atoms with Gasteiger partial charge in [-0.3, -0.25) is 9.59 Å². The minimum absolute atomic E-state index is 0.0304. The van der Waals surface area contributed by atoms with E-state index in [9.17, 15) is 14.0 Å². The number of piperidine rings is 1. The van der Waals surface area contributed by atoms with Crippen LogP contribution in [-0.2, 0) is 9.59 Å². The number of nitrogens with zero attached hydrogens (tertiary/aromatic N) is 1. The van der Waals surface area contributed by atoms with Crippen molar-refractivity contribution in [1.29, 1.82) is 0 Å². The molecule has 1 aliphatic heterocycles. The molecule has 3 aliphatic carbocycles. The summed E-state index contributed by atoms with van der Waals surface area (Å²) in [6.07, 6.45) is 1.12. The summed E-state index contributed by atoms with van der Waals surface area (Å²) < 4.78 is 13.1. The zero-order chi connectivity index (χ0) is 12.7. The molecule has 0 bridgehead atoms. The fourth-order valence-electron chi connectivity index (χ4n) is 4.31. The minimum Gasteiger partial charge on any atom is -0.481 e. The second-order valence-electron chi connectivity index (χ2n) is 6.42. The van der Waals surface area contributed by atoms with E-state index < -0.39 is 12.1 Å². The van der Waals surface area contributed by atoms with Gasteiger partial charge in [0.25, 0.3) is 0 Å². The number of carbonyl (C=O) groups excluding carboxylic acids is 1. The summed E-state index contributed by atoms with van der Waals surface area (Å²) in [4.78, 5) is 25.1. The zero-order valence-corrected chi connectivity index (χ0v) is 10.0. The molecular formula is C13H16FNO3. The van der Waals surface area contributed by atoms with Crippen molar-refractivity contribution in [2.45, 2.75) is 25.4 Å².